The Bertz CT molecular complexity index is 607. The van der Waals surface area contributed by atoms with Gasteiger partial charge < -0.3 is 14.9 Å². The van der Waals surface area contributed by atoms with E-state index < -0.39 is 0 Å². The third kappa shape index (κ3) is 2.97. The van der Waals surface area contributed by atoms with Gasteiger partial charge >= 0.3 is 0 Å². The molecule has 1 aromatic heterocycles. The van der Waals surface area contributed by atoms with E-state index in [0.717, 1.165) is 27.7 Å². The van der Waals surface area contributed by atoms with Crippen molar-refractivity contribution in [1.29, 1.82) is 0 Å². The van der Waals surface area contributed by atoms with Gasteiger partial charge in [0.25, 0.3) is 0 Å². The summed E-state index contributed by atoms with van der Waals surface area (Å²) in [7, 11) is 0. The molecule has 0 saturated carbocycles. The van der Waals surface area contributed by atoms with Gasteiger partial charge in [0.2, 0.25) is 0 Å². The van der Waals surface area contributed by atoms with Crippen LogP contribution in [0.2, 0.25) is 0 Å². The van der Waals surface area contributed by atoms with Gasteiger partial charge in [0, 0.05) is 16.8 Å². The van der Waals surface area contributed by atoms with Crippen LogP contribution in [-0.2, 0) is 5.75 Å². The zero-order valence-electron chi connectivity index (χ0n) is 10.8. The van der Waals surface area contributed by atoms with E-state index in [1.54, 1.807) is 18.0 Å². The van der Waals surface area contributed by atoms with E-state index in [9.17, 15) is 0 Å². The number of aromatic nitrogens is 1. The summed E-state index contributed by atoms with van der Waals surface area (Å²) >= 11 is 1.73. The van der Waals surface area contributed by atoms with Crippen LogP contribution in [-0.4, -0.2) is 18.2 Å². The number of ether oxygens (including phenoxy) is 2. The molecule has 0 bridgehead atoms. The number of benzene rings is 1. The average molecular weight is 289 g/mol. The van der Waals surface area contributed by atoms with Crippen LogP contribution in [0.1, 0.15) is 5.56 Å². The Balaban J connectivity index is 1.68. The van der Waals surface area contributed by atoms with Crippen molar-refractivity contribution in [2.24, 2.45) is 5.84 Å². The molecule has 0 aliphatic carbocycles. The van der Waals surface area contributed by atoms with Crippen LogP contribution in [0.15, 0.2) is 41.4 Å². The molecule has 1 aromatic carbocycles. The van der Waals surface area contributed by atoms with E-state index >= 15 is 0 Å². The molecule has 6 heteroatoms. The van der Waals surface area contributed by atoms with Gasteiger partial charge in [-0.2, -0.15) is 0 Å². The van der Waals surface area contributed by atoms with E-state index in [1.807, 2.05) is 30.3 Å². The Morgan fingerprint density at radius 2 is 2.00 bits per heavy atom. The Hall–Kier alpha value is -1.92. The van der Waals surface area contributed by atoms with Crippen LogP contribution < -0.4 is 20.7 Å². The van der Waals surface area contributed by atoms with Crippen LogP contribution in [0, 0.1) is 0 Å². The summed E-state index contributed by atoms with van der Waals surface area (Å²) in [6, 6.07) is 9.93. The van der Waals surface area contributed by atoms with Gasteiger partial charge in [0.1, 0.15) is 19.0 Å². The molecule has 3 N–H and O–H groups in total. The number of anilines is 1. The molecular weight excluding hydrogens is 274 g/mol. The molecule has 0 saturated heterocycles. The lowest BCUT2D eigenvalue weighted by Gasteiger charge is -2.18. The Labute approximate surface area is 121 Å². The number of thioether (sulfide) groups is 1. The summed E-state index contributed by atoms with van der Waals surface area (Å²) in [5.74, 6) is 8.51. The predicted octanol–water partition coefficient (Wildman–Crippen LogP) is 2.43. The largest absolute Gasteiger partial charge is 0.486 e. The number of nitrogens with zero attached hydrogens (tertiary/aromatic N) is 1. The smallest absolute Gasteiger partial charge is 0.162 e. The fraction of sp³-hybridized carbons (Fsp3) is 0.214. The van der Waals surface area contributed by atoms with Crippen molar-refractivity contribution in [3.63, 3.8) is 0 Å². The van der Waals surface area contributed by atoms with Gasteiger partial charge in [-0.3, -0.25) is 0 Å². The molecule has 0 fully saturated rings. The minimum Gasteiger partial charge on any atom is -0.486 e. The second-order valence-electron chi connectivity index (χ2n) is 4.29. The fourth-order valence-electron chi connectivity index (χ4n) is 1.92. The Morgan fingerprint density at radius 3 is 2.85 bits per heavy atom. The number of rotatable bonds is 4. The number of nitrogens with one attached hydrogen (secondary N) is 1. The van der Waals surface area contributed by atoms with Crippen LogP contribution in [0.5, 0.6) is 11.5 Å². The number of hydrogen-bond acceptors (Lipinski definition) is 6. The first-order valence-corrected chi connectivity index (χ1v) is 7.28. The molecule has 2 aromatic rings. The second-order valence-corrected chi connectivity index (χ2v) is 5.34. The highest BCUT2D eigenvalue weighted by Crippen LogP contribution is 2.35. The monoisotopic (exact) mass is 289 g/mol. The van der Waals surface area contributed by atoms with Crippen LogP contribution >= 0.6 is 11.8 Å². The van der Waals surface area contributed by atoms with E-state index in [1.165, 1.54) is 0 Å². The highest BCUT2D eigenvalue weighted by molar-refractivity contribution is 7.98. The van der Waals surface area contributed by atoms with Crippen molar-refractivity contribution in [3.8, 4) is 11.5 Å². The second kappa shape index (κ2) is 6.02. The topological polar surface area (TPSA) is 69.4 Å². The first kappa shape index (κ1) is 13.1. The lowest BCUT2D eigenvalue weighted by Crippen LogP contribution is -2.15. The van der Waals surface area contributed by atoms with Crippen molar-refractivity contribution in [2.75, 3.05) is 18.6 Å². The maximum atomic E-state index is 5.58. The van der Waals surface area contributed by atoms with E-state index in [4.69, 9.17) is 15.3 Å². The van der Waals surface area contributed by atoms with Gasteiger partial charge in [0.15, 0.2) is 11.5 Å². The number of nitrogen functional groups attached to an aromatic ring is 1. The molecule has 0 spiro atoms. The molecule has 5 nitrogen and oxygen atoms in total. The molecule has 0 amide bonds. The average Bonchev–Trinajstić information content (AvgIpc) is 2.53. The fourth-order valence-corrected chi connectivity index (χ4v) is 2.79. The Kier molecular flexibility index (Phi) is 3.94. The molecule has 3 rings (SSSR count). The minimum absolute atomic E-state index is 0.608. The molecule has 1 aliphatic rings. The normalized spacial score (nSPS) is 13.1. The number of fused-ring (bicyclic) bond motifs is 1. The summed E-state index contributed by atoms with van der Waals surface area (Å²) in [6.45, 7) is 1.22. The maximum Gasteiger partial charge on any atom is 0.162 e. The van der Waals surface area contributed by atoms with Gasteiger partial charge in [-0.1, -0.05) is 0 Å². The van der Waals surface area contributed by atoms with Crippen molar-refractivity contribution < 1.29 is 9.47 Å². The van der Waals surface area contributed by atoms with Crippen molar-refractivity contribution >= 4 is 17.6 Å². The maximum absolute atomic E-state index is 5.58. The third-order valence-corrected chi connectivity index (χ3v) is 3.96. The zero-order valence-corrected chi connectivity index (χ0v) is 11.7. The summed E-state index contributed by atoms with van der Waals surface area (Å²) in [5, 5.41) is 0. The molecule has 0 atom stereocenters. The van der Waals surface area contributed by atoms with Crippen molar-refractivity contribution in [3.05, 3.63) is 42.1 Å². The number of hydrogen-bond donors (Lipinski definition) is 2. The van der Waals surface area contributed by atoms with E-state index in [2.05, 4.69) is 10.4 Å². The van der Waals surface area contributed by atoms with Crippen LogP contribution in [0.4, 0.5) is 5.82 Å². The van der Waals surface area contributed by atoms with Gasteiger partial charge in [-0.15, -0.1) is 11.8 Å². The lowest BCUT2D eigenvalue weighted by atomic mass is 10.3. The van der Waals surface area contributed by atoms with Crippen LogP contribution in [0.3, 0.4) is 0 Å². The number of hydrazine groups is 1. The van der Waals surface area contributed by atoms with Crippen LogP contribution in [0.25, 0.3) is 0 Å². The quantitative estimate of drug-likeness (QED) is 0.512. The number of pyridine rings is 1. The summed E-state index contributed by atoms with van der Waals surface area (Å²) in [5.41, 5.74) is 3.71. The molecule has 0 unspecified atom stereocenters. The zero-order chi connectivity index (χ0) is 13.8. The third-order valence-electron chi connectivity index (χ3n) is 2.89. The van der Waals surface area contributed by atoms with Gasteiger partial charge in [0.05, 0.1) is 0 Å². The molecule has 104 valence electrons. The minimum atomic E-state index is 0.608. The summed E-state index contributed by atoms with van der Waals surface area (Å²) in [6.07, 6.45) is 1.74. The molecule has 2 heterocycles. The lowest BCUT2D eigenvalue weighted by molar-refractivity contribution is 0.171. The molecular formula is C14H15N3O2S. The van der Waals surface area contributed by atoms with Crippen molar-refractivity contribution in [2.45, 2.75) is 10.6 Å². The summed E-state index contributed by atoms with van der Waals surface area (Å²) < 4.78 is 11.1. The highest BCUT2D eigenvalue weighted by atomic mass is 32.2. The Morgan fingerprint density at radius 1 is 1.15 bits per heavy atom. The van der Waals surface area contributed by atoms with Gasteiger partial charge in [-0.05, 0) is 35.9 Å². The number of nitrogens with two attached hydrogens (primary N) is 1. The van der Waals surface area contributed by atoms with Crippen molar-refractivity contribution in [1.82, 2.24) is 4.98 Å². The summed E-state index contributed by atoms with van der Waals surface area (Å²) in [4.78, 5) is 5.24. The SMILES string of the molecule is NNc1cc(CSc2ccc3c(c2)OCCO3)ccn1. The standard InChI is InChI=1S/C14H15N3O2S/c15-17-14-7-10(3-4-16-14)9-20-11-1-2-12-13(8-11)19-6-5-18-12/h1-4,7-8H,5-6,9,15H2,(H,16,17). The first-order valence-electron chi connectivity index (χ1n) is 6.29. The predicted molar refractivity (Wildman–Crippen MR) is 79.0 cm³/mol. The van der Waals surface area contributed by atoms with E-state index in [0.29, 0.717) is 19.0 Å². The highest BCUT2D eigenvalue weighted by Gasteiger charge is 2.11. The molecule has 0 radical (unpaired) electrons. The molecule has 1 aliphatic heterocycles. The van der Waals surface area contributed by atoms with E-state index in [-0.39, 0.29) is 0 Å². The van der Waals surface area contributed by atoms with Gasteiger partial charge in [-0.25, -0.2) is 10.8 Å². The molecule has 20 heavy (non-hydrogen) atoms. The first-order chi connectivity index (χ1) is 9.85.